The van der Waals surface area contributed by atoms with E-state index < -0.39 is 0 Å². The van der Waals surface area contributed by atoms with E-state index in [0.717, 1.165) is 17.8 Å². The third-order valence-corrected chi connectivity index (χ3v) is 3.88. The Morgan fingerprint density at radius 3 is 2.44 bits per heavy atom. The van der Waals surface area contributed by atoms with Gasteiger partial charge in [-0.15, -0.1) is 0 Å². The summed E-state index contributed by atoms with van der Waals surface area (Å²) in [7, 11) is 2.25. The van der Waals surface area contributed by atoms with E-state index in [-0.39, 0.29) is 0 Å². The van der Waals surface area contributed by atoms with Gasteiger partial charge in [0.25, 0.3) is 0 Å². The van der Waals surface area contributed by atoms with E-state index in [9.17, 15) is 0 Å². The van der Waals surface area contributed by atoms with Crippen molar-refractivity contribution in [1.29, 1.82) is 0 Å². The monoisotopic (exact) mass is 217 g/mol. The zero-order valence-corrected chi connectivity index (χ0v) is 10.7. The molecule has 1 aliphatic rings. The highest BCUT2D eigenvalue weighted by Gasteiger charge is 2.27. The average molecular weight is 217 g/mol. The Kier molecular flexibility index (Phi) is 3.65. The smallest absolute Gasteiger partial charge is 0.00474 e. The Balaban J connectivity index is 2.11. The standard InChI is InChI=1S/C15H23N/c1-12(2)14-9-15(11-16(3)10-14)13-7-5-4-6-8-13/h4-8,12,14-15H,9-11H2,1-3H3/t14-,15-/m1/s1. The molecule has 1 aromatic carbocycles. The maximum Gasteiger partial charge on any atom is 0.00474 e. The summed E-state index contributed by atoms with van der Waals surface area (Å²) in [6, 6.07) is 11.0. The van der Waals surface area contributed by atoms with Gasteiger partial charge in [0.2, 0.25) is 0 Å². The molecule has 1 saturated heterocycles. The second kappa shape index (κ2) is 5.01. The predicted molar refractivity (Wildman–Crippen MR) is 69.6 cm³/mol. The first-order valence-corrected chi connectivity index (χ1v) is 6.40. The van der Waals surface area contributed by atoms with Crippen molar-refractivity contribution in [1.82, 2.24) is 4.90 Å². The van der Waals surface area contributed by atoms with Crippen molar-refractivity contribution in [2.75, 3.05) is 20.1 Å². The fraction of sp³-hybridized carbons (Fsp3) is 0.600. The topological polar surface area (TPSA) is 3.24 Å². The lowest BCUT2D eigenvalue weighted by Gasteiger charge is -2.37. The number of benzene rings is 1. The normalized spacial score (nSPS) is 27.2. The Hall–Kier alpha value is -0.820. The van der Waals surface area contributed by atoms with Gasteiger partial charge in [0.1, 0.15) is 0 Å². The van der Waals surface area contributed by atoms with Crippen molar-refractivity contribution in [2.45, 2.75) is 26.2 Å². The van der Waals surface area contributed by atoms with E-state index in [1.54, 1.807) is 0 Å². The molecule has 0 bridgehead atoms. The summed E-state index contributed by atoms with van der Waals surface area (Å²) in [4.78, 5) is 2.49. The van der Waals surface area contributed by atoms with Gasteiger partial charge in [-0.05, 0) is 36.8 Å². The van der Waals surface area contributed by atoms with Crippen molar-refractivity contribution in [3.05, 3.63) is 35.9 Å². The lowest BCUT2D eigenvalue weighted by atomic mass is 9.80. The highest BCUT2D eigenvalue weighted by atomic mass is 15.1. The Morgan fingerprint density at radius 1 is 1.12 bits per heavy atom. The van der Waals surface area contributed by atoms with Gasteiger partial charge in [0, 0.05) is 13.1 Å². The molecule has 1 aliphatic heterocycles. The van der Waals surface area contributed by atoms with Gasteiger partial charge in [0.05, 0.1) is 0 Å². The van der Waals surface area contributed by atoms with Crippen molar-refractivity contribution in [3.63, 3.8) is 0 Å². The van der Waals surface area contributed by atoms with Crippen LogP contribution in [0.25, 0.3) is 0 Å². The number of rotatable bonds is 2. The van der Waals surface area contributed by atoms with E-state index in [4.69, 9.17) is 0 Å². The van der Waals surface area contributed by atoms with Crippen molar-refractivity contribution >= 4 is 0 Å². The van der Waals surface area contributed by atoms with Crippen LogP contribution in [0.2, 0.25) is 0 Å². The summed E-state index contributed by atoms with van der Waals surface area (Å²) in [5.41, 5.74) is 1.51. The lowest BCUT2D eigenvalue weighted by Crippen LogP contribution is -2.38. The number of nitrogens with zero attached hydrogens (tertiary/aromatic N) is 1. The first-order chi connectivity index (χ1) is 7.66. The molecule has 1 fully saturated rings. The minimum absolute atomic E-state index is 0.729. The molecular formula is C15H23N. The molecule has 0 aliphatic carbocycles. The van der Waals surface area contributed by atoms with Gasteiger partial charge in [-0.2, -0.15) is 0 Å². The summed E-state index contributed by atoms with van der Waals surface area (Å²) in [5, 5.41) is 0. The molecule has 0 saturated carbocycles. The maximum absolute atomic E-state index is 2.49. The molecule has 1 aromatic rings. The van der Waals surface area contributed by atoms with Crippen LogP contribution in [0.4, 0.5) is 0 Å². The third kappa shape index (κ3) is 2.65. The van der Waals surface area contributed by atoms with E-state index in [1.165, 1.54) is 25.1 Å². The quantitative estimate of drug-likeness (QED) is 0.734. The fourth-order valence-electron chi connectivity index (χ4n) is 2.82. The van der Waals surface area contributed by atoms with Crippen LogP contribution in [-0.2, 0) is 0 Å². The first kappa shape index (κ1) is 11.7. The van der Waals surface area contributed by atoms with Crippen LogP contribution in [0.15, 0.2) is 30.3 Å². The Morgan fingerprint density at radius 2 is 1.81 bits per heavy atom. The fourth-order valence-corrected chi connectivity index (χ4v) is 2.82. The molecule has 2 rings (SSSR count). The Labute approximate surface area is 99.5 Å². The van der Waals surface area contributed by atoms with Gasteiger partial charge < -0.3 is 4.90 Å². The largest absolute Gasteiger partial charge is 0.305 e. The van der Waals surface area contributed by atoms with Crippen LogP contribution in [0, 0.1) is 11.8 Å². The van der Waals surface area contributed by atoms with Crippen LogP contribution in [0.1, 0.15) is 31.7 Å². The van der Waals surface area contributed by atoms with E-state index >= 15 is 0 Å². The van der Waals surface area contributed by atoms with Gasteiger partial charge in [-0.25, -0.2) is 0 Å². The molecule has 0 radical (unpaired) electrons. The molecule has 0 unspecified atom stereocenters. The Bertz CT molecular complexity index is 317. The summed E-state index contributed by atoms with van der Waals surface area (Å²) >= 11 is 0. The van der Waals surface area contributed by atoms with Gasteiger partial charge >= 0.3 is 0 Å². The molecule has 0 N–H and O–H groups in total. The zero-order valence-electron chi connectivity index (χ0n) is 10.7. The minimum atomic E-state index is 0.729. The maximum atomic E-state index is 2.49. The van der Waals surface area contributed by atoms with Crippen molar-refractivity contribution in [3.8, 4) is 0 Å². The molecule has 1 heteroatoms. The molecule has 16 heavy (non-hydrogen) atoms. The lowest BCUT2D eigenvalue weighted by molar-refractivity contribution is 0.153. The second-order valence-corrected chi connectivity index (χ2v) is 5.57. The number of hydrogen-bond donors (Lipinski definition) is 0. The minimum Gasteiger partial charge on any atom is -0.305 e. The van der Waals surface area contributed by atoms with Crippen LogP contribution >= 0.6 is 0 Å². The summed E-state index contributed by atoms with van der Waals surface area (Å²) in [5.74, 6) is 2.38. The predicted octanol–water partition coefficient (Wildman–Crippen LogP) is 3.38. The third-order valence-electron chi connectivity index (χ3n) is 3.88. The van der Waals surface area contributed by atoms with Crippen molar-refractivity contribution < 1.29 is 0 Å². The number of likely N-dealkylation sites (tertiary alicyclic amines) is 1. The van der Waals surface area contributed by atoms with Gasteiger partial charge in [0.15, 0.2) is 0 Å². The first-order valence-electron chi connectivity index (χ1n) is 6.40. The second-order valence-electron chi connectivity index (χ2n) is 5.57. The number of piperidine rings is 1. The molecule has 2 atom stereocenters. The van der Waals surface area contributed by atoms with Gasteiger partial charge in [-0.1, -0.05) is 44.2 Å². The molecule has 1 nitrogen and oxygen atoms in total. The summed E-state index contributed by atoms with van der Waals surface area (Å²) in [6.07, 6.45) is 1.35. The highest BCUT2D eigenvalue weighted by molar-refractivity contribution is 5.20. The van der Waals surface area contributed by atoms with E-state index in [2.05, 4.69) is 56.1 Å². The van der Waals surface area contributed by atoms with Crippen LogP contribution in [-0.4, -0.2) is 25.0 Å². The van der Waals surface area contributed by atoms with Crippen LogP contribution < -0.4 is 0 Å². The molecule has 0 spiro atoms. The number of hydrogen-bond acceptors (Lipinski definition) is 1. The zero-order chi connectivity index (χ0) is 11.5. The number of likely N-dealkylation sites (N-methyl/N-ethyl adjacent to an activating group) is 1. The average Bonchev–Trinajstić information content (AvgIpc) is 2.29. The van der Waals surface area contributed by atoms with E-state index in [1.807, 2.05) is 0 Å². The van der Waals surface area contributed by atoms with E-state index in [0.29, 0.717) is 0 Å². The SMILES string of the molecule is CC(C)[C@@H]1C[C@@H](c2ccccc2)CN(C)C1. The van der Waals surface area contributed by atoms with Crippen LogP contribution in [0.5, 0.6) is 0 Å². The molecule has 1 heterocycles. The molecule has 0 aromatic heterocycles. The molecule has 0 amide bonds. The highest BCUT2D eigenvalue weighted by Crippen LogP contribution is 2.32. The summed E-state index contributed by atoms with van der Waals surface area (Å²) in [6.45, 7) is 7.19. The molecular weight excluding hydrogens is 194 g/mol. The summed E-state index contributed by atoms with van der Waals surface area (Å²) < 4.78 is 0. The van der Waals surface area contributed by atoms with Gasteiger partial charge in [-0.3, -0.25) is 0 Å². The van der Waals surface area contributed by atoms with Crippen molar-refractivity contribution in [2.24, 2.45) is 11.8 Å². The van der Waals surface area contributed by atoms with Crippen LogP contribution in [0.3, 0.4) is 0 Å². The molecule has 88 valence electrons.